The van der Waals surface area contributed by atoms with E-state index in [4.69, 9.17) is 9.47 Å². The van der Waals surface area contributed by atoms with Crippen LogP contribution in [0.2, 0.25) is 0 Å². The van der Waals surface area contributed by atoms with Gasteiger partial charge in [0.25, 0.3) is 0 Å². The van der Waals surface area contributed by atoms with E-state index in [1.54, 1.807) is 24.3 Å². The van der Waals surface area contributed by atoms with Crippen molar-refractivity contribution in [1.82, 2.24) is 0 Å². The molecule has 148 valence electrons. The lowest BCUT2D eigenvalue weighted by Gasteiger charge is -2.11. The van der Waals surface area contributed by atoms with Crippen LogP contribution in [0.4, 0.5) is 10.1 Å². The Balaban J connectivity index is 1.78. The number of esters is 1. The molecule has 0 saturated heterocycles. The minimum atomic E-state index is -0.526. The van der Waals surface area contributed by atoms with E-state index in [0.29, 0.717) is 16.9 Å². The molecule has 2 aromatic rings. The Morgan fingerprint density at radius 2 is 1.86 bits per heavy atom. The number of ether oxygens (including phenoxy) is 2. The van der Waals surface area contributed by atoms with Crippen LogP contribution in [0.1, 0.15) is 22.8 Å². The average Bonchev–Trinajstić information content (AvgIpc) is 2.67. The van der Waals surface area contributed by atoms with Gasteiger partial charge < -0.3 is 14.8 Å². The molecule has 0 bridgehead atoms. The number of anilines is 1. The molecule has 0 heterocycles. The second-order valence-corrected chi connectivity index (χ2v) is 6.75. The van der Waals surface area contributed by atoms with Crippen molar-refractivity contribution in [3.63, 3.8) is 0 Å². The Hall–Kier alpha value is -2.87. The third-order valence-electron chi connectivity index (χ3n) is 3.68. The van der Waals surface area contributed by atoms with Gasteiger partial charge in [-0.25, -0.2) is 4.39 Å². The number of ketones is 1. The van der Waals surface area contributed by atoms with Crippen molar-refractivity contribution >= 4 is 35.1 Å². The lowest BCUT2D eigenvalue weighted by Crippen LogP contribution is -2.17. The highest BCUT2D eigenvalue weighted by Gasteiger charge is 2.12. The number of benzene rings is 2. The van der Waals surface area contributed by atoms with E-state index in [1.165, 1.54) is 32.2 Å². The van der Waals surface area contributed by atoms with E-state index >= 15 is 0 Å². The van der Waals surface area contributed by atoms with Crippen LogP contribution in [-0.2, 0) is 20.9 Å². The first-order chi connectivity index (χ1) is 13.4. The first kappa shape index (κ1) is 21.4. The SMILES string of the molecule is COc1ccc(C(C)=O)cc1COC(=O)CSCC(=O)Nc1ccccc1F. The second kappa shape index (κ2) is 10.5. The fourth-order valence-corrected chi connectivity index (χ4v) is 2.90. The summed E-state index contributed by atoms with van der Waals surface area (Å²) in [5, 5.41) is 2.44. The van der Waals surface area contributed by atoms with Crippen molar-refractivity contribution in [2.75, 3.05) is 23.9 Å². The second-order valence-electron chi connectivity index (χ2n) is 5.76. The molecule has 0 aromatic heterocycles. The first-order valence-electron chi connectivity index (χ1n) is 8.36. The molecular weight excluding hydrogens is 385 g/mol. The van der Waals surface area contributed by atoms with E-state index in [1.807, 2.05) is 0 Å². The normalized spacial score (nSPS) is 10.2. The summed E-state index contributed by atoms with van der Waals surface area (Å²) in [6.07, 6.45) is 0. The number of rotatable bonds is 9. The van der Waals surface area contributed by atoms with Gasteiger partial charge in [-0.1, -0.05) is 12.1 Å². The van der Waals surface area contributed by atoms with Crippen molar-refractivity contribution in [2.45, 2.75) is 13.5 Å². The van der Waals surface area contributed by atoms with E-state index < -0.39 is 17.7 Å². The lowest BCUT2D eigenvalue weighted by atomic mass is 10.1. The van der Waals surface area contributed by atoms with Gasteiger partial charge in [-0.3, -0.25) is 14.4 Å². The molecule has 2 aromatic carbocycles. The molecule has 0 saturated carbocycles. The highest BCUT2D eigenvalue weighted by molar-refractivity contribution is 8.00. The highest BCUT2D eigenvalue weighted by atomic mass is 32.2. The summed E-state index contributed by atoms with van der Waals surface area (Å²) >= 11 is 1.05. The average molecular weight is 405 g/mol. The van der Waals surface area contributed by atoms with Gasteiger partial charge in [-0.05, 0) is 37.3 Å². The fraction of sp³-hybridized carbons (Fsp3) is 0.250. The number of para-hydroxylation sites is 1. The Kier molecular flexibility index (Phi) is 8.01. The summed E-state index contributed by atoms with van der Waals surface area (Å²) in [5.74, 6) is -1.12. The molecule has 2 rings (SSSR count). The minimum Gasteiger partial charge on any atom is -0.496 e. The summed E-state index contributed by atoms with van der Waals surface area (Å²) in [6, 6.07) is 10.7. The first-order valence-corrected chi connectivity index (χ1v) is 9.51. The molecule has 0 atom stereocenters. The molecule has 0 spiro atoms. The van der Waals surface area contributed by atoms with E-state index in [9.17, 15) is 18.8 Å². The molecule has 0 aliphatic rings. The summed E-state index contributed by atoms with van der Waals surface area (Å²) in [7, 11) is 1.48. The predicted molar refractivity (Wildman–Crippen MR) is 105 cm³/mol. The van der Waals surface area contributed by atoms with Crippen LogP contribution >= 0.6 is 11.8 Å². The molecule has 0 aliphatic heterocycles. The zero-order valence-corrected chi connectivity index (χ0v) is 16.3. The summed E-state index contributed by atoms with van der Waals surface area (Å²) in [5.41, 5.74) is 1.16. The van der Waals surface area contributed by atoms with E-state index in [0.717, 1.165) is 11.8 Å². The molecule has 28 heavy (non-hydrogen) atoms. The number of nitrogens with one attached hydrogen (secondary N) is 1. The number of carbonyl (C=O) groups excluding carboxylic acids is 3. The van der Waals surface area contributed by atoms with Crippen molar-refractivity contribution in [3.05, 3.63) is 59.4 Å². The van der Waals surface area contributed by atoms with Crippen molar-refractivity contribution < 1.29 is 28.2 Å². The van der Waals surface area contributed by atoms with E-state index in [-0.39, 0.29) is 29.6 Å². The van der Waals surface area contributed by atoms with Gasteiger partial charge >= 0.3 is 5.97 Å². The monoisotopic (exact) mass is 405 g/mol. The number of hydrogen-bond acceptors (Lipinski definition) is 6. The number of amides is 1. The number of Topliss-reactive ketones (excluding diaryl/α,β-unsaturated/α-hetero) is 1. The van der Waals surface area contributed by atoms with Crippen LogP contribution in [0.5, 0.6) is 5.75 Å². The van der Waals surface area contributed by atoms with Crippen molar-refractivity contribution in [3.8, 4) is 5.75 Å². The Bertz CT molecular complexity index is 871. The number of carbonyl (C=O) groups is 3. The number of thioether (sulfide) groups is 1. The third kappa shape index (κ3) is 6.38. The van der Waals surface area contributed by atoms with Crippen LogP contribution < -0.4 is 10.1 Å². The van der Waals surface area contributed by atoms with Gasteiger partial charge in [0.1, 0.15) is 18.2 Å². The van der Waals surface area contributed by atoms with Gasteiger partial charge in [0.05, 0.1) is 24.3 Å². The van der Waals surface area contributed by atoms with Gasteiger partial charge in [-0.2, -0.15) is 0 Å². The smallest absolute Gasteiger partial charge is 0.316 e. The Labute approximate surface area is 166 Å². The zero-order chi connectivity index (χ0) is 20.5. The summed E-state index contributed by atoms with van der Waals surface area (Å²) < 4.78 is 23.9. The van der Waals surface area contributed by atoms with Crippen molar-refractivity contribution in [1.29, 1.82) is 0 Å². The van der Waals surface area contributed by atoms with Crippen molar-refractivity contribution in [2.24, 2.45) is 0 Å². The third-order valence-corrected chi connectivity index (χ3v) is 4.58. The summed E-state index contributed by atoms with van der Waals surface area (Å²) in [6.45, 7) is 1.39. The zero-order valence-electron chi connectivity index (χ0n) is 15.5. The predicted octanol–water partition coefficient (Wildman–Crippen LogP) is 3.45. The Morgan fingerprint density at radius 1 is 1.11 bits per heavy atom. The standard InChI is InChI=1S/C20H20FNO5S/c1-13(23)14-7-8-18(26-2)15(9-14)10-27-20(25)12-28-11-19(24)22-17-6-4-3-5-16(17)21/h3-9H,10-12H2,1-2H3,(H,22,24). The maximum atomic E-state index is 13.5. The molecule has 8 heteroatoms. The van der Waals surface area contributed by atoms with Gasteiger partial charge in [-0.15, -0.1) is 11.8 Å². The molecule has 0 fully saturated rings. The van der Waals surface area contributed by atoms with Gasteiger partial charge in [0, 0.05) is 11.1 Å². The fourth-order valence-electron chi connectivity index (χ4n) is 2.29. The lowest BCUT2D eigenvalue weighted by molar-refractivity contribution is -0.141. The maximum Gasteiger partial charge on any atom is 0.316 e. The molecule has 0 unspecified atom stereocenters. The number of methoxy groups -OCH3 is 1. The maximum absolute atomic E-state index is 13.5. The quantitative estimate of drug-likeness (QED) is 0.508. The number of hydrogen-bond donors (Lipinski definition) is 1. The van der Waals surface area contributed by atoms with E-state index in [2.05, 4.69) is 5.32 Å². The molecular formula is C20H20FNO5S. The molecule has 1 amide bonds. The highest BCUT2D eigenvalue weighted by Crippen LogP contribution is 2.21. The molecule has 0 radical (unpaired) electrons. The van der Waals surface area contributed by atoms with Gasteiger partial charge in [0.2, 0.25) is 5.91 Å². The Morgan fingerprint density at radius 3 is 2.54 bits per heavy atom. The topological polar surface area (TPSA) is 81.7 Å². The van der Waals surface area contributed by atoms with Crippen LogP contribution in [0, 0.1) is 5.82 Å². The largest absolute Gasteiger partial charge is 0.496 e. The van der Waals surface area contributed by atoms with Crippen LogP contribution in [0.25, 0.3) is 0 Å². The van der Waals surface area contributed by atoms with Crippen LogP contribution in [-0.4, -0.2) is 36.3 Å². The summed E-state index contributed by atoms with van der Waals surface area (Å²) in [4.78, 5) is 35.2. The van der Waals surface area contributed by atoms with Crippen LogP contribution in [0.15, 0.2) is 42.5 Å². The molecule has 1 N–H and O–H groups in total. The number of halogens is 1. The minimum absolute atomic E-state index is 0.0213. The molecule has 6 nitrogen and oxygen atoms in total. The van der Waals surface area contributed by atoms with Crippen LogP contribution in [0.3, 0.4) is 0 Å². The van der Waals surface area contributed by atoms with Gasteiger partial charge in [0.15, 0.2) is 5.78 Å². The molecule has 0 aliphatic carbocycles.